The van der Waals surface area contributed by atoms with E-state index in [-0.39, 0.29) is 43.0 Å². The lowest BCUT2D eigenvalue weighted by molar-refractivity contribution is -0.384. The Morgan fingerprint density at radius 1 is 1.21 bits per heavy atom. The minimum Gasteiger partial charge on any atom is -0.463 e. The molecule has 2 amide bonds. The molecule has 9 heteroatoms. The molecule has 2 aliphatic rings. The summed E-state index contributed by atoms with van der Waals surface area (Å²) in [5, 5.41) is 11.6. The van der Waals surface area contributed by atoms with Crippen molar-refractivity contribution in [3.8, 4) is 0 Å². The maximum absolute atomic E-state index is 13.8. The van der Waals surface area contributed by atoms with Crippen LogP contribution in [0.15, 0.2) is 60.2 Å². The lowest BCUT2D eigenvalue weighted by Crippen LogP contribution is -2.54. The number of halogens is 1. The van der Waals surface area contributed by atoms with Crippen LogP contribution in [0.25, 0.3) is 0 Å². The predicted octanol–water partition coefficient (Wildman–Crippen LogP) is 4.96. The van der Waals surface area contributed by atoms with Gasteiger partial charge in [0.25, 0.3) is 5.69 Å². The second kappa shape index (κ2) is 9.38. The number of carbonyl (C=O) groups is 3. The Morgan fingerprint density at radius 3 is 2.62 bits per heavy atom. The fourth-order valence-electron chi connectivity index (χ4n) is 4.81. The fourth-order valence-corrected chi connectivity index (χ4v) is 5.07. The molecule has 1 aliphatic heterocycles. The highest BCUT2D eigenvalue weighted by Gasteiger charge is 2.54. The number of piperidine rings is 1. The second-order valence-electron chi connectivity index (χ2n) is 8.36. The second-order valence-corrected chi connectivity index (χ2v) is 8.77. The number of anilines is 1. The number of para-hydroxylation sites is 1. The minimum absolute atomic E-state index is 0.0968. The summed E-state index contributed by atoms with van der Waals surface area (Å²) >= 11 is 6.36. The molecule has 176 valence electrons. The summed E-state index contributed by atoms with van der Waals surface area (Å²) in [5.74, 6) is -1.84. The van der Waals surface area contributed by atoms with Crippen molar-refractivity contribution in [1.29, 1.82) is 0 Å². The zero-order chi connectivity index (χ0) is 24.5. The highest BCUT2D eigenvalue weighted by Crippen LogP contribution is 2.51. The summed E-state index contributed by atoms with van der Waals surface area (Å²) in [6.45, 7) is 1.79. The quantitative estimate of drug-likeness (QED) is 0.258. The summed E-state index contributed by atoms with van der Waals surface area (Å²) < 4.78 is 5.30. The summed E-state index contributed by atoms with van der Waals surface area (Å²) in [7, 11) is 0. The zero-order valence-corrected chi connectivity index (χ0v) is 19.3. The number of hydrogen-bond donors (Lipinski definition) is 0. The van der Waals surface area contributed by atoms with E-state index in [1.165, 1.54) is 18.2 Å². The molecule has 1 saturated heterocycles. The Morgan fingerprint density at radius 2 is 1.94 bits per heavy atom. The maximum Gasteiger partial charge on any atom is 0.334 e. The van der Waals surface area contributed by atoms with Gasteiger partial charge in [-0.1, -0.05) is 35.9 Å². The third-order valence-corrected chi connectivity index (χ3v) is 6.84. The summed E-state index contributed by atoms with van der Waals surface area (Å²) in [6, 6.07) is 12.8. The van der Waals surface area contributed by atoms with Gasteiger partial charge in [-0.25, -0.2) is 9.69 Å². The van der Waals surface area contributed by atoms with Gasteiger partial charge in [0.2, 0.25) is 11.8 Å². The number of carbonyl (C=O) groups excluding carboxylic acids is 3. The first-order valence-corrected chi connectivity index (χ1v) is 11.4. The van der Waals surface area contributed by atoms with Crippen molar-refractivity contribution >= 4 is 40.8 Å². The standard InChI is InChI=1S/C25H23ClN2O6/c1-2-34-23(30)20-14-16(19-15-18(28(32)33)8-9-21(19)26)10-12-25(20)13-11-22(29)27(24(25)31)17-6-4-3-5-7-17/h3-9,14-16H,2,10-13H2,1H3. The van der Waals surface area contributed by atoms with Crippen LogP contribution in [0, 0.1) is 15.5 Å². The number of esters is 1. The Hall–Kier alpha value is -3.52. The van der Waals surface area contributed by atoms with Crippen LogP contribution in [0.5, 0.6) is 0 Å². The normalized spacial score (nSPS) is 22.5. The lowest BCUT2D eigenvalue weighted by Gasteiger charge is -2.44. The van der Waals surface area contributed by atoms with Crippen LogP contribution in [0.1, 0.15) is 44.1 Å². The predicted molar refractivity (Wildman–Crippen MR) is 125 cm³/mol. The van der Waals surface area contributed by atoms with E-state index in [9.17, 15) is 24.5 Å². The summed E-state index contributed by atoms with van der Waals surface area (Å²) in [4.78, 5) is 51.6. The van der Waals surface area contributed by atoms with E-state index in [0.29, 0.717) is 22.7 Å². The van der Waals surface area contributed by atoms with E-state index in [2.05, 4.69) is 0 Å². The molecule has 0 aromatic heterocycles. The number of rotatable bonds is 5. The van der Waals surface area contributed by atoms with Gasteiger partial charge in [0, 0.05) is 35.1 Å². The highest BCUT2D eigenvalue weighted by atomic mass is 35.5. The Balaban J connectivity index is 1.80. The number of ether oxygens (including phenoxy) is 1. The smallest absolute Gasteiger partial charge is 0.334 e. The van der Waals surface area contributed by atoms with Crippen molar-refractivity contribution in [1.82, 2.24) is 0 Å². The van der Waals surface area contributed by atoms with Gasteiger partial charge in [0.15, 0.2) is 0 Å². The summed E-state index contributed by atoms with van der Waals surface area (Å²) in [5.41, 5.74) is -0.206. The van der Waals surface area contributed by atoms with E-state index in [0.717, 1.165) is 4.90 Å². The molecule has 2 aromatic carbocycles. The van der Waals surface area contributed by atoms with Crippen LogP contribution in [0.2, 0.25) is 5.02 Å². The molecule has 0 saturated carbocycles. The molecule has 4 rings (SSSR count). The molecule has 1 heterocycles. The van der Waals surface area contributed by atoms with Gasteiger partial charge in [-0.3, -0.25) is 19.7 Å². The van der Waals surface area contributed by atoms with Crippen LogP contribution in [-0.4, -0.2) is 29.3 Å². The largest absolute Gasteiger partial charge is 0.463 e. The van der Waals surface area contributed by atoms with Crippen LogP contribution in [0.4, 0.5) is 11.4 Å². The SMILES string of the molecule is CCOC(=O)C1=CC(c2cc([N+](=O)[O-])ccc2Cl)CCC12CCC(=O)N(c1ccccc1)C2=O. The van der Waals surface area contributed by atoms with E-state index < -0.39 is 28.1 Å². The van der Waals surface area contributed by atoms with Crippen LogP contribution in [0.3, 0.4) is 0 Å². The van der Waals surface area contributed by atoms with Crippen molar-refractivity contribution in [3.63, 3.8) is 0 Å². The molecule has 2 atom stereocenters. The number of nitro groups is 1. The molecule has 1 aliphatic carbocycles. The van der Waals surface area contributed by atoms with Crippen molar-refractivity contribution < 1.29 is 24.0 Å². The topological polar surface area (TPSA) is 107 Å². The van der Waals surface area contributed by atoms with Crippen LogP contribution < -0.4 is 4.90 Å². The zero-order valence-electron chi connectivity index (χ0n) is 18.5. The van der Waals surface area contributed by atoms with Crippen molar-refractivity contribution in [2.45, 2.75) is 38.5 Å². The molecule has 8 nitrogen and oxygen atoms in total. The molecule has 1 spiro atoms. The van der Waals surface area contributed by atoms with E-state index in [1.807, 2.05) is 0 Å². The number of allylic oxidation sites excluding steroid dienone is 1. The fraction of sp³-hybridized carbons (Fsp3) is 0.320. The van der Waals surface area contributed by atoms with Crippen molar-refractivity contribution in [2.24, 2.45) is 5.41 Å². The molecule has 2 aromatic rings. The Kier molecular flexibility index (Phi) is 6.52. The number of nitrogens with zero attached hydrogens (tertiary/aromatic N) is 2. The van der Waals surface area contributed by atoms with Crippen LogP contribution in [-0.2, 0) is 19.1 Å². The Bertz CT molecular complexity index is 1200. The first-order chi connectivity index (χ1) is 16.3. The number of benzene rings is 2. The van der Waals surface area contributed by atoms with Gasteiger partial charge in [-0.15, -0.1) is 0 Å². The van der Waals surface area contributed by atoms with E-state index >= 15 is 0 Å². The number of amides is 2. The van der Waals surface area contributed by atoms with Crippen LogP contribution >= 0.6 is 11.6 Å². The molecule has 1 fully saturated rings. The van der Waals surface area contributed by atoms with E-state index in [4.69, 9.17) is 16.3 Å². The van der Waals surface area contributed by atoms with Gasteiger partial charge >= 0.3 is 5.97 Å². The highest BCUT2D eigenvalue weighted by molar-refractivity contribution is 6.31. The number of non-ortho nitro benzene ring substituents is 1. The average molecular weight is 483 g/mol. The van der Waals surface area contributed by atoms with Gasteiger partial charge in [-0.2, -0.15) is 0 Å². The average Bonchev–Trinajstić information content (AvgIpc) is 2.83. The number of hydrogen-bond acceptors (Lipinski definition) is 6. The molecular weight excluding hydrogens is 460 g/mol. The first-order valence-electron chi connectivity index (χ1n) is 11.0. The monoisotopic (exact) mass is 482 g/mol. The molecule has 34 heavy (non-hydrogen) atoms. The third kappa shape index (κ3) is 4.09. The van der Waals surface area contributed by atoms with Crippen molar-refractivity contribution in [2.75, 3.05) is 11.5 Å². The molecule has 0 radical (unpaired) electrons. The van der Waals surface area contributed by atoms with Gasteiger partial charge < -0.3 is 4.74 Å². The lowest BCUT2D eigenvalue weighted by atomic mass is 9.64. The number of nitro benzene ring substituents is 1. The molecule has 2 unspecified atom stereocenters. The van der Waals surface area contributed by atoms with Crippen molar-refractivity contribution in [3.05, 3.63) is 80.9 Å². The molecule has 0 N–H and O–H groups in total. The molecular formula is C25H23ClN2O6. The summed E-state index contributed by atoms with van der Waals surface area (Å²) in [6.07, 6.45) is 2.63. The first kappa shape index (κ1) is 23.6. The third-order valence-electron chi connectivity index (χ3n) is 6.49. The van der Waals surface area contributed by atoms with Gasteiger partial charge in [-0.05, 0) is 49.9 Å². The van der Waals surface area contributed by atoms with E-state index in [1.54, 1.807) is 43.3 Å². The number of imide groups is 1. The van der Waals surface area contributed by atoms with Gasteiger partial charge in [0.05, 0.1) is 22.6 Å². The van der Waals surface area contributed by atoms with Gasteiger partial charge in [0.1, 0.15) is 0 Å². The maximum atomic E-state index is 13.8. The minimum atomic E-state index is -1.22. The Labute approximate surface area is 201 Å². The molecule has 0 bridgehead atoms.